The van der Waals surface area contributed by atoms with Gasteiger partial charge in [0.25, 0.3) is 0 Å². The molecule has 0 spiro atoms. The molecule has 1 saturated carbocycles. The van der Waals surface area contributed by atoms with Crippen molar-refractivity contribution in [2.45, 2.75) is 44.4 Å². The maximum atomic E-state index is 5.70. The zero-order chi connectivity index (χ0) is 12.1. The molecule has 0 amide bonds. The summed E-state index contributed by atoms with van der Waals surface area (Å²) in [5.74, 6) is 0. The first kappa shape index (κ1) is 13.3. The molecule has 2 unspecified atom stereocenters. The van der Waals surface area contributed by atoms with Gasteiger partial charge in [0.05, 0.1) is 12.7 Å². The van der Waals surface area contributed by atoms with Gasteiger partial charge in [-0.3, -0.25) is 4.90 Å². The second-order valence-corrected chi connectivity index (χ2v) is 5.32. The molecule has 2 atom stereocenters. The number of rotatable bonds is 6. The van der Waals surface area contributed by atoms with Crippen molar-refractivity contribution in [1.29, 1.82) is 0 Å². The van der Waals surface area contributed by atoms with E-state index < -0.39 is 0 Å². The van der Waals surface area contributed by atoms with E-state index in [4.69, 9.17) is 9.47 Å². The lowest BCUT2D eigenvalue weighted by Gasteiger charge is -2.31. The molecule has 1 N–H and O–H groups in total. The maximum Gasteiger partial charge on any atom is 0.0674 e. The van der Waals surface area contributed by atoms with Crippen LogP contribution in [0.5, 0.6) is 0 Å². The second kappa shape index (κ2) is 6.69. The van der Waals surface area contributed by atoms with Gasteiger partial charge in [0.15, 0.2) is 0 Å². The zero-order valence-corrected chi connectivity index (χ0v) is 11.2. The number of hydrogen-bond donors (Lipinski definition) is 1. The standard InChI is InChI=1S/C13H26N2O2/c1-11-9-15(6-3-7-17-11)13(10-16-2)8-14-12-4-5-12/h11-14H,3-10H2,1-2H3. The van der Waals surface area contributed by atoms with Crippen LogP contribution < -0.4 is 5.32 Å². The van der Waals surface area contributed by atoms with Crippen molar-refractivity contribution in [3.8, 4) is 0 Å². The van der Waals surface area contributed by atoms with Crippen molar-refractivity contribution in [2.75, 3.05) is 40.0 Å². The predicted octanol–water partition coefficient (Wildman–Crippen LogP) is 0.864. The highest BCUT2D eigenvalue weighted by Gasteiger charge is 2.26. The van der Waals surface area contributed by atoms with Gasteiger partial charge in [-0.25, -0.2) is 0 Å². The van der Waals surface area contributed by atoms with E-state index in [1.54, 1.807) is 7.11 Å². The highest BCUT2D eigenvalue weighted by atomic mass is 16.5. The quantitative estimate of drug-likeness (QED) is 0.749. The van der Waals surface area contributed by atoms with E-state index in [1.807, 2.05) is 0 Å². The van der Waals surface area contributed by atoms with Crippen molar-refractivity contribution in [2.24, 2.45) is 0 Å². The molecular formula is C13H26N2O2. The number of ether oxygens (including phenoxy) is 2. The summed E-state index contributed by atoms with van der Waals surface area (Å²) < 4.78 is 11.1. The molecule has 0 aromatic heterocycles. The number of nitrogens with zero attached hydrogens (tertiary/aromatic N) is 1. The molecule has 4 nitrogen and oxygen atoms in total. The molecule has 1 saturated heterocycles. The first-order chi connectivity index (χ1) is 8.29. The highest BCUT2D eigenvalue weighted by Crippen LogP contribution is 2.19. The van der Waals surface area contributed by atoms with E-state index in [9.17, 15) is 0 Å². The van der Waals surface area contributed by atoms with Gasteiger partial charge in [-0.2, -0.15) is 0 Å². The van der Waals surface area contributed by atoms with Crippen LogP contribution in [0.3, 0.4) is 0 Å². The van der Waals surface area contributed by atoms with Crippen LogP contribution in [0, 0.1) is 0 Å². The molecule has 2 aliphatic rings. The molecule has 100 valence electrons. The van der Waals surface area contributed by atoms with Gasteiger partial charge in [-0.05, 0) is 26.2 Å². The second-order valence-electron chi connectivity index (χ2n) is 5.32. The Morgan fingerprint density at radius 1 is 1.47 bits per heavy atom. The van der Waals surface area contributed by atoms with Gasteiger partial charge < -0.3 is 14.8 Å². The van der Waals surface area contributed by atoms with Crippen molar-refractivity contribution in [3.05, 3.63) is 0 Å². The molecule has 0 bridgehead atoms. The third-order valence-corrected chi connectivity index (χ3v) is 3.58. The van der Waals surface area contributed by atoms with Gasteiger partial charge >= 0.3 is 0 Å². The van der Waals surface area contributed by atoms with Crippen LogP contribution in [0.15, 0.2) is 0 Å². The summed E-state index contributed by atoms with van der Waals surface area (Å²) >= 11 is 0. The molecule has 1 aliphatic heterocycles. The Morgan fingerprint density at radius 3 is 3.00 bits per heavy atom. The highest BCUT2D eigenvalue weighted by molar-refractivity contribution is 4.85. The minimum absolute atomic E-state index is 0.345. The fourth-order valence-corrected chi connectivity index (χ4v) is 2.43. The van der Waals surface area contributed by atoms with Crippen molar-refractivity contribution >= 4 is 0 Å². The first-order valence-electron chi connectivity index (χ1n) is 6.87. The summed E-state index contributed by atoms with van der Waals surface area (Å²) in [6.07, 6.45) is 4.17. The van der Waals surface area contributed by atoms with Crippen LogP contribution in [-0.2, 0) is 9.47 Å². The normalized spacial score (nSPS) is 28.9. The predicted molar refractivity (Wildman–Crippen MR) is 68.3 cm³/mol. The van der Waals surface area contributed by atoms with E-state index in [0.29, 0.717) is 12.1 Å². The molecule has 0 radical (unpaired) electrons. The van der Waals surface area contributed by atoms with Crippen LogP contribution in [0.2, 0.25) is 0 Å². The van der Waals surface area contributed by atoms with Crippen LogP contribution in [0.25, 0.3) is 0 Å². The van der Waals surface area contributed by atoms with E-state index in [2.05, 4.69) is 17.1 Å². The summed E-state index contributed by atoms with van der Waals surface area (Å²) in [7, 11) is 1.79. The molecule has 1 aliphatic carbocycles. The average molecular weight is 242 g/mol. The minimum atomic E-state index is 0.345. The fourth-order valence-electron chi connectivity index (χ4n) is 2.43. The summed E-state index contributed by atoms with van der Waals surface area (Å²) in [4.78, 5) is 2.52. The lowest BCUT2D eigenvalue weighted by Crippen LogP contribution is -2.47. The number of hydrogen-bond acceptors (Lipinski definition) is 4. The Kier molecular flexibility index (Phi) is 5.22. The smallest absolute Gasteiger partial charge is 0.0674 e. The fraction of sp³-hybridized carbons (Fsp3) is 1.00. The Morgan fingerprint density at radius 2 is 2.29 bits per heavy atom. The molecule has 1 heterocycles. The third kappa shape index (κ3) is 4.54. The zero-order valence-electron chi connectivity index (χ0n) is 11.2. The van der Waals surface area contributed by atoms with Crippen LogP contribution in [0.1, 0.15) is 26.2 Å². The van der Waals surface area contributed by atoms with Gasteiger partial charge in [0.2, 0.25) is 0 Å². The van der Waals surface area contributed by atoms with Crippen molar-refractivity contribution in [3.63, 3.8) is 0 Å². The van der Waals surface area contributed by atoms with E-state index in [1.165, 1.54) is 12.8 Å². The summed E-state index contributed by atoms with van der Waals surface area (Å²) in [5.41, 5.74) is 0. The summed E-state index contributed by atoms with van der Waals surface area (Å²) in [5, 5.41) is 3.61. The van der Waals surface area contributed by atoms with Gasteiger partial charge in [-0.15, -0.1) is 0 Å². The number of methoxy groups -OCH3 is 1. The Bertz CT molecular complexity index is 221. The molecule has 2 rings (SSSR count). The van der Waals surface area contributed by atoms with Gasteiger partial charge in [0.1, 0.15) is 0 Å². The minimum Gasteiger partial charge on any atom is -0.383 e. The third-order valence-electron chi connectivity index (χ3n) is 3.58. The molecule has 2 fully saturated rings. The number of nitrogens with one attached hydrogen (secondary N) is 1. The van der Waals surface area contributed by atoms with E-state index in [-0.39, 0.29) is 0 Å². The molecule has 0 aromatic rings. The van der Waals surface area contributed by atoms with E-state index >= 15 is 0 Å². The van der Waals surface area contributed by atoms with Gasteiger partial charge in [0, 0.05) is 45.4 Å². The van der Waals surface area contributed by atoms with Crippen molar-refractivity contribution in [1.82, 2.24) is 10.2 Å². The van der Waals surface area contributed by atoms with E-state index in [0.717, 1.165) is 45.3 Å². The summed E-state index contributed by atoms with van der Waals surface area (Å²) in [6.45, 7) is 7.08. The Labute approximate surface area is 105 Å². The van der Waals surface area contributed by atoms with Crippen molar-refractivity contribution < 1.29 is 9.47 Å². The Hall–Kier alpha value is -0.160. The Balaban J connectivity index is 1.82. The molecule has 17 heavy (non-hydrogen) atoms. The topological polar surface area (TPSA) is 33.7 Å². The maximum absolute atomic E-state index is 5.70. The lowest BCUT2D eigenvalue weighted by atomic mass is 10.2. The van der Waals surface area contributed by atoms with Gasteiger partial charge in [-0.1, -0.05) is 0 Å². The first-order valence-corrected chi connectivity index (χ1v) is 6.87. The lowest BCUT2D eigenvalue weighted by molar-refractivity contribution is 0.0451. The monoisotopic (exact) mass is 242 g/mol. The molecule has 4 heteroatoms. The average Bonchev–Trinajstić information content (AvgIpc) is 3.12. The SMILES string of the molecule is COCC(CNC1CC1)N1CCCOC(C)C1. The van der Waals surface area contributed by atoms with Crippen LogP contribution >= 0.6 is 0 Å². The summed E-state index contributed by atoms with van der Waals surface area (Å²) in [6, 6.07) is 1.26. The largest absolute Gasteiger partial charge is 0.383 e. The molecular weight excluding hydrogens is 216 g/mol. The van der Waals surface area contributed by atoms with Crippen LogP contribution in [0.4, 0.5) is 0 Å². The molecule has 0 aromatic carbocycles. The van der Waals surface area contributed by atoms with Crippen LogP contribution in [-0.4, -0.2) is 63.0 Å².